The van der Waals surface area contributed by atoms with E-state index in [0.717, 1.165) is 42.3 Å². The monoisotopic (exact) mass is 432 g/mol. The first kappa shape index (κ1) is 23.8. The number of amides is 1. The van der Waals surface area contributed by atoms with Gasteiger partial charge >= 0.3 is 0 Å². The molecule has 0 radical (unpaired) electrons. The Kier molecular flexibility index (Phi) is 9.62. The van der Waals surface area contributed by atoms with Gasteiger partial charge in [0, 0.05) is 25.3 Å². The van der Waals surface area contributed by atoms with Crippen LogP contribution in [0.15, 0.2) is 24.4 Å². The molecule has 9 heteroatoms. The topological polar surface area (TPSA) is 76.1 Å². The van der Waals surface area contributed by atoms with Gasteiger partial charge in [-0.05, 0) is 45.0 Å². The van der Waals surface area contributed by atoms with Crippen LogP contribution in [-0.4, -0.2) is 49.2 Å². The molecule has 150 valence electrons. The number of nitrogens with zero attached hydrogens (tertiary/aromatic N) is 2. The Hall–Kier alpha value is -1.25. The van der Waals surface area contributed by atoms with E-state index in [1.807, 2.05) is 25.1 Å². The Morgan fingerprint density at radius 2 is 2.07 bits per heavy atom. The van der Waals surface area contributed by atoms with Crippen LogP contribution in [0.3, 0.4) is 0 Å². The van der Waals surface area contributed by atoms with E-state index in [1.165, 1.54) is 11.3 Å². The molecule has 2 aromatic heterocycles. The lowest BCUT2D eigenvalue weighted by Crippen LogP contribution is -2.47. The summed E-state index contributed by atoms with van der Waals surface area (Å²) in [4.78, 5) is 22.2. The smallest absolute Gasteiger partial charge is 0.263 e. The van der Waals surface area contributed by atoms with Gasteiger partial charge in [0.1, 0.15) is 9.88 Å². The largest absolute Gasteiger partial charge is 0.384 e. The van der Waals surface area contributed by atoms with Gasteiger partial charge in [0.25, 0.3) is 5.91 Å². The van der Waals surface area contributed by atoms with Crippen LogP contribution in [0, 0.1) is 12.3 Å². The predicted molar refractivity (Wildman–Crippen MR) is 113 cm³/mol. The van der Waals surface area contributed by atoms with E-state index in [1.54, 1.807) is 13.3 Å². The average Bonchev–Trinajstić information content (AvgIpc) is 3.03. The fourth-order valence-corrected chi connectivity index (χ4v) is 4.15. The van der Waals surface area contributed by atoms with Crippen molar-refractivity contribution >= 4 is 42.1 Å². The van der Waals surface area contributed by atoms with Crippen molar-refractivity contribution in [3.63, 3.8) is 0 Å². The first-order valence-corrected chi connectivity index (χ1v) is 9.32. The third kappa shape index (κ3) is 5.86. The summed E-state index contributed by atoms with van der Waals surface area (Å²) < 4.78 is 5.41. The number of carbonyl (C=O) groups is 1. The summed E-state index contributed by atoms with van der Waals surface area (Å²) in [6.07, 6.45) is 3.74. The first-order valence-electron chi connectivity index (χ1n) is 8.50. The summed E-state index contributed by atoms with van der Waals surface area (Å²) in [5.74, 6) is -0.0637. The van der Waals surface area contributed by atoms with Crippen molar-refractivity contribution < 1.29 is 9.53 Å². The zero-order valence-corrected chi connectivity index (χ0v) is 17.9. The van der Waals surface area contributed by atoms with Gasteiger partial charge < -0.3 is 15.4 Å². The van der Waals surface area contributed by atoms with Gasteiger partial charge in [-0.15, -0.1) is 36.2 Å². The number of aromatic nitrogens is 2. The van der Waals surface area contributed by atoms with Crippen molar-refractivity contribution in [3.8, 4) is 10.7 Å². The van der Waals surface area contributed by atoms with Crippen LogP contribution >= 0.6 is 36.2 Å². The van der Waals surface area contributed by atoms with Crippen LogP contribution in [0.2, 0.25) is 0 Å². The second-order valence-electron chi connectivity index (χ2n) is 6.51. The molecule has 3 heterocycles. The highest BCUT2D eigenvalue weighted by molar-refractivity contribution is 7.17. The highest BCUT2D eigenvalue weighted by Crippen LogP contribution is 2.29. The molecule has 6 nitrogen and oxygen atoms in total. The molecule has 0 spiro atoms. The summed E-state index contributed by atoms with van der Waals surface area (Å²) >= 11 is 1.39. The molecule has 2 aromatic rings. The fraction of sp³-hybridized carbons (Fsp3) is 0.500. The van der Waals surface area contributed by atoms with E-state index in [0.29, 0.717) is 18.0 Å². The lowest BCUT2D eigenvalue weighted by molar-refractivity contribution is 0.0512. The molecule has 0 atom stereocenters. The molecule has 0 saturated carbocycles. The number of hydrogen-bond acceptors (Lipinski definition) is 6. The minimum Gasteiger partial charge on any atom is -0.384 e. The normalized spacial score (nSPS) is 15.3. The van der Waals surface area contributed by atoms with Crippen LogP contribution in [0.1, 0.15) is 28.2 Å². The van der Waals surface area contributed by atoms with Gasteiger partial charge in [-0.25, -0.2) is 4.98 Å². The number of thiazole rings is 1. The maximum Gasteiger partial charge on any atom is 0.263 e. The molecule has 27 heavy (non-hydrogen) atoms. The minimum absolute atomic E-state index is 0. The van der Waals surface area contributed by atoms with Crippen LogP contribution in [-0.2, 0) is 4.74 Å². The Labute approximate surface area is 176 Å². The maximum absolute atomic E-state index is 12.7. The van der Waals surface area contributed by atoms with E-state index < -0.39 is 0 Å². The summed E-state index contributed by atoms with van der Waals surface area (Å²) in [5, 5.41) is 7.24. The predicted octanol–water partition coefficient (Wildman–Crippen LogP) is 3.10. The maximum atomic E-state index is 12.7. The van der Waals surface area contributed by atoms with E-state index in [4.69, 9.17) is 4.74 Å². The van der Waals surface area contributed by atoms with Crippen LogP contribution in [0.4, 0.5) is 0 Å². The summed E-state index contributed by atoms with van der Waals surface area (Å²) in [7, 11) is 1.72. The second-order valence-corrected chi connectivity index (χ2v) is 7.51. The number of pyridine rings is 1. The molecule has 1 aliphatic heterocycles. The summed E-state index contributed by atoms with van der Waals surface area (Å²) in [6.45, 7) is 5.08. The first-order chi connectivity index (χ1) is 12.1. The van der Waals surface area contributed by atoms with Crippen LogP contribution in [0.25, 0.3) is 10.7 Å². The third-order valence-corrected chi connectivity index (χ3v) is 5.80. The molecular weight excluding hydrogens is 407 g/mol. The van der Waals surface area contributed by atoms with Crippen molar-refractivity contribution in [1.82, 2.24) is 20.6 Å². The average molecular weight is 433 g/mol. The van der Waals surface area contributed by atoms with Crippen molar-refractivity contribution in [2.24, 2.45) is 5.41 Å². The summed E-state index contributed by atoms with van der Waals surface area (Å²) in [6, 6.07) is 5.69. The number of aryl methyl sites for hydroxylation is 1. The van der Waals surface area contributed by atoms with Gasteiger partial charge in [0.15, 0.2) is 0 Å². The second kappa shape index (κ2) is 10.9. The molecule has 3 rings (SSSR count). The number of ether oxygens (including phenoxy) is 1. The summed E-state index contributed by atoms with van der Waals surface area (Å²) in [5.41, 5.74) is 1.55. The molecule has 0 unspecified atom stereocenters. The highest BCUT2D eigenvalue weighted by Gasteiger charge is 2.33. The van der Waals surface area contributed by atoms with Gasteiger partial charge in [0.2, 0.25) is 0 Å². The molecule has 0 bridgehead atoms. The molecule has 1 aliphatic rings. The van der Waals surface area contributed by atoms with Crippen LogP contribution in [0.5, 0.6) is 0 Å². The fourth-order valence-electron chi connectivity index (χ4n) is 3.19. The van der Waals surface area contributed by atoms with E-state index in [9.17, 15) is 4.79 Å². The molecule has 0 aromatic carbocycles. The lowest BCUT2D eigenvalue weighted by Gasteiger charge is -2.37. The lowest BCUT2D eigenvalue weighted by atomic mass is 9.79. The molecule has 2 N–H and O–H groups in total. The Morgan fingerprint density at radius 3 is 2.70 bits per heavy atom. The quantitative estimate of drug-likeness (QED) is 0.732. The number of carbonyl (C=O) groups excluding carboxylic acids is 1. The standard InChI is InChI=1S/C18H24N4O2S.2ClH/c1-13-15(25-17(22-13)14-5-3-4-8-20-14)16(23)21-11-18(12-24-2)6-9-19-10-7-18;;/h3-5,8,19H,6-7,9-12H2,1-2H3,(H,21,23);2*1H. The number of halogens is 2. The number of nitrogens with one attached hydrogen (secondary N) is 2. The Bertz CT molecular complexity index is 716. The Morgan fingerprint density at radius 1 is 1.33 bits per heavy atom. The zero-order chi connectivity index (χ0) is 17.7. The van der Waals surface area contributed by atoms with Crippen molar-refractivity contribution in [2.75, 3.05) is 33.4 Å². The molecule has 1 fully saturated rings. The van der Waals surface area contributed by atoms with Gasteiger partial charge in [-0.2, -0.15) is 0 Å². The molecule has 1 amide bonds. The molecule has 1 saturated heterocycles. The number of hydrogen-bond donors (Lipinski definition) is 2. The molecular formula is C18H26Cl2N4O2S. The number of methoxy groups -OCH3 is 1. The molecule has 0 aliphatic carbocycles. The zero-order valence-electron chi connectivity index (χ0n) is 15.5. The van der Waals surface area contributed by atoms with E-state index in [-0.39, 0.29) is 36.1 Å². The highest BCUT2D eigenvalue weighted by atomic mass is 35.5. The van der Waals surface area contributed by atoms with E-state index >= 15 is 0 Å². The SMILES string of the molecule is COCC1(CNC(=O)c2sc(-c3ccccn3)nc2C)CCNCC1.Cl.Cl. The van der Waals surface area contributed by atoms with E-state index in [2.05, 4.69) is 20.6 Å². The van der Waals surface area contributed by atoms with Crippen molar-refractivity contribution in [2.45, 2.75) is 19.8 Å². The van der Waals surface area contributed by atoms with Gasteiger partial charge in [0.05, 0.1) is 18.0 Å². The number of rotatable bonds is 6. The van der Waals surface area contributed by atoms with Crippen molar-refractivity contribution in [1.29, 1.82) is 0 Å². The van der Waals surface area contributed by atoms with Crippen molar-refractivity contribution in [3.05, 3.63) is 35.0 Å². The minimum atomic E-state index is -0.0637. The number of piperidine rings is 1. The van der Waals surface area contributed by atoms with Gasteiger partial charge in [-0.1, -0.05) is 6.07 Å². The third-order valence-electron chi connectivity index (χ3n) is 4.63. The Balaban J connectivity index is 0.00000182. The van der Waals surface area contributed by atoms with Gasteiger partial charge in [-0.3, -0.25) is 9.78 Å². The van der Waals surface area contributed by atoms with Crippen LogP contribution < -0.4 is 10.6 Å².